The summed E-state index contributed by atoms with van der Waals surface area (Å²) in [5.41, 5.74) is 1.17. The molecule has 0 spiro atoms. The second-order valence-electron chi connectivity index (χ2n) is 8.06. The number of nitrogens with zero attached hydrogens (tertiary/aromatic N) is 4. The summed E-state index contributed by atoms with van der Waals surface area (Å²) in [6, 6.07) is 0.150. The van der Waals surface area contributed by atoms with Crippen LogP contribution < -0.4 is 5.56 Å². The van der Waals surface area contributed by atoms with Gasteiger partial charge in [0.1, 0.15) is 10.7 Å². The highest BCUT2D eigenvalue weighted by Crippen LogP contribution is 2.30. The standard InChI is InChI=1S/C20H30N4O2S/c1-12(2)18-21-19-17(13(3)14(4)27-19)20(26)24(18)15-7-9-23(10-8-15)11-16(25)22(5)6/h12,15H,7-11H2,1-6H3. The van der Waals surface area contributed by atoms with Crippen LogP contribution in [-0.2, 0) is 4.79 Å². The van der Waals surface area contributed by atoms with Gasteiger partial charge in [-0.15, -0.1) is 11.3 Å². The predicted molar refractivity (Wildman–Crippen MR) is 111 cm³/mol. The molecule has 3 rings (SSSR count). The van der Waals surface area contributed by atoms with Gasteiger partial charge in [-0.05, 0) is 32.3 Å². The first kappa shape index (κ1) is 20.0. The second kappa shape index (κ2) is 7.72. The van der Waals surface area contributed by atoms with E-state index in [0.717, 1.165) is 47.5 Å². The predicted octanol–water partition coefficient (Wildman–Crippen LogP) is 2.92. The number of piperidine rings is 1. The average molecular weight is 391 g/mol. The van der Waals surface area contributed by atoms with Crippen molar-refractivity contribution in [1.82, 2.24) is 19.4 Å². The number of rotatable bonds is 4. The molecule has 1 amide bonds. The molecule has 1 saturated heterocycles. The third kappa shape index (κ3) is 3.80. The van der Waals surface area contributed by atoms with E-state index in [0.29, 0.717) is 6.54 Å². The number of carbonyl (C=O) groups excluding carboxylic acids is 1. The smallest absolute Gasteiger partial charge is 0.262 e. The van der Waals surface area contributed by atoms with E-state index in [-0.39, 0.29) is 23.4 Å². The number of aromatic nitrogens is 2. The Labute approximate surface area is 164 Å². The summed E-state index contributed by atoms with van der Waals surface area (Å²) in [5.74, 6) is 1.20. The number of hydrogen-bond acceptors (Lipinski definition) is 5. The molecular formula is C20H30N4O2S. The van der Waals surface area contributed by atoms with E-state index in [1.165, 1.54) is 4.88 Å². The minimum absolute atomic E-state index is 0.105. The van der Waals surface area contributed by atoms with Crippen molar-refractivity contribution in [3.05, 3.63) is 26.6 Å². The van der Waals surface area contributed by atoms with Crippen molar-refractivity contribution in [2.45, 2.75) is 52.5 Å². The minimum Gasteiger partial charge on any atom is -0.348 e. The van der Waals surface area contributed by atoms with Gasteiger partial charge in [0.05, 0.1) is 11.9 Å². The number of thiophene rings is 1. The fraction of sp³-hybridized carbons (Fsp3) is 0.650. The van der Waals surface area contributed by atoms with Crippen LogP contribution in [-0.4, -0.2) is 59.0 Å². The molecule has 0 atom stereocenters. The molecule has 1 fully saturated rings. The van der Waals surface area contributed by atoms with Gasteiger partial charge in [-0.2, -0.15) is 0 Å². The van der Waals surface area contributed by atoms with Crippen molar-refractivity contribution in [2.24, 2.45) is 0 Å². The van der Waals surface area contributed by atoms with Crippen molar-refractivity contribution in [1.29, 1.82) is 0 Å². The number of aryl methyl sites for hydroxylation is 2. The Morgan fingerprint density at radius 1 is 1.26 bits per heavy atom. The van der Waals surface area contributed by atoms with Gasteiger partial charge in [0, 0.05) is 44.0 Å². The number of likely N-dealkylation sites (N-methyl/N-ethyl adjacent to an activating group) is 1. The van der Waals surface area contributed by atoms with E-state index in [2.05, 4.69) is 25.7 Å². The largest absolute Gasteiger partial charge is 0.348 e. The Morgan fingerprint density at radius 2 is 1.89 bits per heavy atom. The molecule has 27 heavy (non-hydrogen) atoms. The topological polar surface area (TPSA) is 58.4 Å². The first-order valence-corrected chi connectivity index (χ1v) is 10.5. The summed E-state index contributed by atoms with van der Waals surface area (Å²) in [7, 11) is 3.57. The monoisotopic (exact) mass is 390 g/mol. The Kier molecular flexibility index (Phi) is 5.72. The van der Waals surface area contributed by atoms with E-state index in [4.69, 9.17) is 4.98 Å². The molecule has 3 heterocycles. The molecule has 1 aliphatic heterocycles. The molecule has 0 N–H and O–H groups in total. The van der Waals surface area contributed by atoms with E-state index >= 15 is 0 Å². The SMILES string of the molecule is Cc1sc2nc(C(C)C)n(C3CCN(CC(=O)N(C)C)CC3)c(=O)c2c1C. The van der Waals surface area contributed by atoms with Crippen LogP contribution in [0.15, 0.2) is 4.79 Å². The molecule has 6 nitrogen and oxygen atoms in total. The fourth-order valence-electron chi connectivity index (χ4n) is 3.75. The Bertz CT molecular complexity index is 905. The van der Waals surface area contributed by atoms with Crippen LogP contribution in [0.2, 0.25) is 0 Å². The van der Waals surface area contributed by atoms with E-state index in [1.807, 2.05) is 11.5 Å². The lowest BCUT2D eigenvalue weighted by atomic mass is 10.0. The molecule has 2 aromatic heterocycles. The molecule has 1 aliphatic rings. The zero-order valence-electron chi connectivity index (χ0n) is 17.2. The number of hydrogen-bond donors (Lipinski definition) is 0. The third-order valence-electron chi connectivity index (χ3n) is 5.56. The van der Waals surface area contributed by atoms with Crippen LogP contribution in [0.4, 0.5) is 0 Å². The highest BCUT2D eigenvalue weighted by Gasteiger charge is 2.27. The van der Waals surface area contributed by atoms with Crippen LogP contribution in [0, 0.1) is 13.8 Å². The van der Waals surface area contributed by atoms with Gasteiger partial charge >= 0.3 is 0 Å². The lowest BCUT2D eigenvalue weighted by molar-refractivity contribution is -0.130. The van der Waals surface area contributed by atoms with Crippen molar-refractivity contribution >= 4 is 27.5 Å². The van der Waals surface area contributed by atoms with Gasteiger partial charge < -0.3 is 4.90 Å². The van der Waals surface area contributed by atoms with E-state index in [1.54, 1.807) is 30.3 Å². The minimum atomic E-state index is 0.105. The van der Waals surface area contributed by atoms with Crippen LogP contribution in [0.25, 0.3) is 10.2 Å². The number of carbonyl (C=O) groups is 1. The first-order valence-electron chi connectivity index (χ1n) is 9.65. The Balaban J connectivity index is 1.92. The van der Waals surface area contributed by atoms with Crippen molar-refractivity contribution in [2.75, 3.05) is 33.7 Å². The highest BCUT2D eigenvalue weighted by atomic mass is 32.1. The summed E-state index contributed by atoms with van der Waals surface area (Å²) in [4.78, 5) is 36.1. The summed E-state index contributed by atoms with van der Waals surface area (Å²) in [5, 5.41) is 0.784. The van der Waals surface area contributed by atoms with Crippen molar-refractivity contribution < 1.29 is 4.79 Å². The molecule has 0 aromatic carbocycles. The lowest BCUT2D eigenvalue weighted by Crippen LogP contribution is -2.43. The van der Waals surface area contributed by atoms with Crippen LogP contribution >= 0.6 is 11.3 Å². The maximum absolute atomic E-state index is 13.4. The van der Waals surface area contributed by atoms with Gasteiger partial charge in [-0.25, -0.2) is 4.98 Å². The zero-order chi connectivity index (χ0) is 19.9. The Hall–Kier alpha value is -1.73. The first-order chi connectivity index (χ1) is 12.7. The van der Waals surface area contributed by atoms with Gasteiger partial charge in [0.15, 0.2) is 0 Å². The maximum Gasteiger partial charge on any atom is 0.262 e. The molecule has 0 saturated carbocycles. The normalized spacial score (nSPS) is 16.4. The number of amides is 1. The molecule has 2 aromatic rings. The fourth-order valence-corrected chi connectivity index (χ4v) is 4.78. The lowest BCUT2D eigenvalue weighted by Gasteiger charge is -2.34. The number of fused-ring (bicyclic) bond motifs is 1. The van der Waals surface area contributed by atoms with E-state index in [9.17, 15) is 9.59 Å². The zero-order valence-corrected chi connectivity index (χ0v) is 18.0. The molecule has 0 unspecified atom stereocenters. The van der Waals surface area contributed by atoms with Gasteiger partial charge in [0.2, 0.25) is 5.91 Å². The van der Waals surface area contributed by atoms with Gasteiger partial charge in [-0.3, -0.25) is 19.1 Å². The summed E-state index contributed by atoms with van der Waals surface area (Å²) in [6.45, 7) is 10.4. The van der Waals surface area contributed by atoms with Crippen molar-refractivity contribution in [3.8, 4) is 0 Å². The summed E-state index contributed by atoms with van der Waals surface area (Å²) < 4.78 is 1.96. The van der Waals surface area contributed by atoms with Gasteiger partial charge in [0.25, 0.3) is 5.56 Å². The maximum atomic E-state index is 13.4. The quantitative estimate of drug-likeness (QED) is 0.805. The highest BCUT2D eigenvalue weighted by molar-refractivity contribution is 7.18. The molecule has 0 bridgehead atoms. The molecule has 148 valence electrons. The number of likely N-dealkylation sites (tertiary alicyclic amines) is 1. The molecular weight excluding hydrogens is 360 g/mol. The molecule has 0 radical (unpaired) electrons. The van der Waals surface area contributed by atoms with E-state index < -0.39 is 0 Å². The second-order valence-corrected chi connectivity index (χ2v) is 9.26. The van der Waals surface area contributed by atoms with Crippen LogP contribution in [0.1, 0.15) is 54.9 Å². The Morgan fingerprint density at radius 3 is 2.44 bits per heavy atom. The van der Waals surface area contributed by atoms with Crippen molar-refractivity contribution in [3.63, 3.8) is 0 Å². The average Bonchev–Trinajstić information content (AvgIpc) is 2.90. The molecule has 0 aliphatic carbocycles. The molecule has 7 heteroatoms. The van der Waals surface area contributed by atoms with Gasteiger partial charge in [-0.1, -0.05) is 13.8 Å². The third-order valence-corrected chi connectivity index (χ3v) is 6.66. The summed E-state index contributed by atoms with van der Waals surface area (Å²) >= 11 is 1.61. The summed E-state index contributed by atoms with van der Waals surface area (Å²) in [6.07, 6.45) is 1.74. The van der Waals surface area contributed by atoms with Crippen LogP contribution in [0.3, 0.4) is 0 Å². The van der Waals surface area contributed by atoms with Crippen LogP contribution in [0.5, 0.6) is 0 Å².